The van der Waals surface area contributed by atoms with Crippen LogP contribution < -0.4 is 25.6 Å². The standard InChI is InChI=1S/C38H42N8O4/c39-37-28(23-30(42-43-37)27-4-1-2-7-34(27)47)29-22-25(10-15-40-29)24-11-16-44(17-12-24)26-13-18-45(19-14-26)31-5-3-6-32-36(31)50-21-20-46(32)33-8-9-35(48)41-38(33)49/h1-7,10,15,22-24,26,33,47H,8-9,11-14,16-21H2,(H2,39,43)(H,41,48,49)/t33-/m1/s1. The van der Waals surface area contributed by atoms with Gasteiger partial charge in [-0.2, -0.15) is 0 Å². The number of hydrogen-bond donors (Lipinski definition) is 3. The highest BCUT2D eigenvalue weighted by Crippen LogP contribution is 2.43. The Bertz CT molecular complexity index is 1900. The number of anilines is 3. The van der Waals surface area contributed by atoms with Crippen LogP contribution >= 0.6 is 0 Å². The number of hydrogen-bond acceptors (Lipinski definition) is 11. The van der Waals surface area contributed by atoms with Crippen LogP contribution in [0.3, 0.4) is 0 Å². The molecule has 0 radical (unpaired) electrons. The van der Waals surface area contributed by atoms with Crippen LogP contribution in [-0.2, 0) is 9.59 Å². The predicted octanol–water partition coefficient (Wildman–Crippen LogP) is 4.35. The van der Waals surface area contributed by atoms with Gasteiger partial charge in [-0.3, -0.25) is 19.9 Å². The number of piperidine rings is 3. The minimum Gasteiger partial charge on any atom is -0.507 e. The van der Waals surface area contributed by atoms with E-state index < -0.39 is 0 Å². The van der Waals surface area contributed by atoms with Crippen molar-refractivity contribution >= 4 is 29.0 Å². The Labute approximate surface area is 291 Å². The van der Waals surface area contributed by atoms with Gasteiger partial charge in [-0.05, 0) is 99.1 Å². The van der Waals surface area contributed by atoms with Crippen molar-refractivity contribution in [3.8, 4) is 34.0 Å². The Morgan fingerprint density at radius 1 is 0.820 bits per heavy atom. The second-order valence-electron chi connectivity index (χ2n) is 13.7. The number of para-hydroxylation sites is 2. The van der Waals surface area contributed by atoms with Gasteiger partial charge in [0.05, 0.1) is 29.3 Å². The minimum absolute atomic E-state index is 0.142. The molecule has 8 rings (SSSR count). The molecule has 6 heterocycles. The number of ether oxygens (including phenoxy) is 1. The van der Waals surface area contributed by atoms with Gasteiger partial charge in [0, 0.05) is 42.9 Å². The lowest BCUT2D eigenvalue weighted by atomic mass is 9.87. The van der Waals surface area contributed by atoms with E-state index in [2.05, 4.69) is 59.5 Å². The average molecular weight is 675 g/mol. The lowest BCUT2D eigenvalue weighted by molar-refractivity contribution is -0.134. The molecule has 4 aromatic rings. The topological polar surface area (TPSA) is 150 Å². The zero-order chi connectivity index (χ0) is 34.2. The number of imide groups is 1. The molecule has 50 heavy (non-hydrogen) atoms. The number of carbonyl (C=O) groups excluding carboxylic acids is 2. The van der Waals surface area contributed by atoms with E-state index in [1.165, 1.54) is 5.56 Å². The average Bonchev–Trinajstić information content (AvgIpc) is 3.15. The number of phenols is 1. The van der Waals surface area contributed by atoms with Crippen molar-refractivity contribution < 1.29 is 19.4 Å². The third kappa shape index (κ3) is 6.19. The maximum absolute atomic E-state index is 12.7. The Morgan fingerprint density at radius 3 is 2.42 bits per heavy atom. The van der Waals surface area contributed by atoms with Gasteiger partial charge < -0.3 is 30.3 Å². The summed E-state index contributed by atoms with van der Waals surface area (Å²) in [5, 5.41) is 21.3. The Balaban J connectivity index is 0.897. The molecule has 1 atom stereocenters. The molecule has 3 saturated heterocycles. The molecule has 0 aliphatic carbocycles. The minimum atomic E-state index is -0.355. The number of nitrogens with zero attached hydrogens (tertiary/aromatic N) is 6. The van der Waals surface area contributed by atoms with E-state index in [9.17, 15) is 14.7 Å². The molecule has 0 bridgehead atoms. The van der Waals surface area contributed by atoms with Crippen molar-refractivity contribution in [2.24, 2.45) is 0 Å². The lowest BCUT2D eigenvalue weighted by Gasteiger charge is -2.44. The van der Waals surface area contributed by atoms with E-state index in [1.54, 1.807) is 12.1 Å². The predicted molar refractivity (Wildman–Crippen MR) is 191 cm³/mol. The van der Waals surface area contributed by atoms with Gasteiger partial charge in [-0.25, -0.2) is 0 Å². The van der Waals surface area contributed by atoms with Crippen molar-refractivity contribution in [2.75, 3.05) is 54.9 Å². The fourth-order valence-corrected chi connectivity index (χ4v) is 8.15. The van der Waals surface area contributed by atoms with E-state index in [4.69, 9.17) is 10.5 Å². The third-order valence-electron chi connectivity index (χ3n) is 10.8. The maximum atomic E-state index is 12.7. The van der Waals surface area contributed by atoms with E-state index in [0.717, 1.165) is 74.7 Å². The number of nitrogens with two attached hydrogens (primary N) is 1. The molecular weight excluding hydrogens is 632 g/mol. The van der Waals surface area contributed by atoms with Crippen molar-refractivity contribution in [3.63, 3.8) is 0 Å². The van der Waals surface area contributed by atoms with Gasteiger partial charge in [0.15, 0.2) is 11.6 Å². The van der Waals surface area contributed by atoms with Gasteiger partial charge in [-0.15, -0.1) is 10.2 Å². The summed E-state index contributed by atoms with van der Waals surface area (Å²) in [6.45, 7) is 5.12. The fourth-order valence-electron chi connectivity index (χ4n) is 8.15. The summed E-state index contributed by atoms with van der Waals surface area (Å²) in [7, 11) is 0. The fraction of sp³-hybridized carbons (Fsp3) is 0.395. The molecule has 0 unspecified atom stereocenters. The number of rotatable bonds is 6. The van der Waals surface area contributed by atoms with Gasteiger partial charge in [0.2, 0.25) is 11.8 Å². The number of carbonyl (C=O) groups is 2. The molecular formula is C38H42N8O4. The molecule has 4 aliphatic rings. The maximum Gasteiger partial charge on any atom is 0.249 e. The first kappa shape index (κ1) is 32.0. The second-order valence-corrected chi connectivity index (χ2v) is 13.7. The normalized spacial score (nSPS) is 20.7. The molecule has 3 fully saturated rings. The highest BCUT2D eigenvalue weighted by molar-refractivity contribution is 6.02. The molecule has 4 N–H and O–H groups in total. The van der Waals surface area contributed by atoms with Crippen LogP contribution in [0, 0.1) is 0 Å². The van der Waals surface area contributed by atoms with Crippen molar-refractivity contribution in [3.05, 3.63) is 72.4 Å². The third-order valence-corrected chi connectivity index (χ3v) is 10.8. The molecule has 0 spiro atoms. The SMILES string of the molecule is Nc1nnc(-c2ccccc2O)cc1-c1cc(C2CCN(C3CCN(c4cccc5c4OCCN5[C@@H]4CCC(=O)NC4=O)CC3)CC2)ccn1. The number of phenolic OH excluding ortho intramolecular Hbond substituents is 1. The molecule has 2 amide bonds. The number of nitrogens with one attached hydrogen (secondary N) is 1. The number of pyridine rings is 1. The largest absolute Gasteiger partial charge is 0.507 e. The highest BCUT2D eigenvalue weighted by atomic mass is 16.5. The van der Waals surface area contributed by atoms with E-state index >= 15 is 0 Å². The van der Waals surface area contributed by atoms with Gasteiger partial charge in [0.1, 0.15) is 18.4 Å². The van der Waals surface area contributed by atoms with Crippen LogP contribution in [0.5, 0.6) is 11.5 Å². The molecule has 2 aromatic heterocycles. The monoisotopic (exact) mass is 674 g/mol. The summed E-state index contributed by atoms with van der Waals surface area (Å²) in [5.41, 5.74) is 12.2. The highest BCUT2D eigenvalue weighted by Gasteiger charge is 2.36. The summed E-state index contributed by atoms with van der Waals surface area (Å²) in [4.78, 5) is 36.3. The van der Waals surface area contributed by atoms with Gasteiger partial charge >= 0.3 is 0 Å². The van der Waals surface area contributed by atoms with Crippen molar-refractivity contribution in [2.45, 2.75) is 56.5 Å². The molecule has 12 heteroatoms. The quantitative estimate of drug-likeness (QED) is 0.251. The van der Waals surface area contributed by atoms with E-state index in [-0.39, 0.29) is 23.6 Å². The number of benzene rings is 2. The second kappa shape index (κ2) is 13.6. The summed E-state index contributed by atoms with van der Waals surface area (Å²) < 4.78 is 6.24. The number of aromatic hydroxyl groups is 1. The van der Waals surface area contributed by atoms with Crippen molar-refractivity contribution in [1.82, 2.24) is 25.4 Å². The first-order valence-electron chi connectivity index (χ1n) is 17.7. The number of fused-ring (bicyclic) bond motifs is 1. The Morgan fingerprint density at radius 2 is 1.62 bits per heavy atom. The number of amides is 2. The van der Waals surface area contributed by atoms with Crippen molar-refractivity contribution in [1.29, 1.82) is 0 Å². The van der Waals surface area contributed by atoms with Crippen LogP contribution in [0.15, 0.2) is 66.9 Å². The first-order valence-corrected chi connectivity index (χ1v) is 17.7. The van der Waals surface area contributed by atoms with Crippen LogP contribution in [0.1, 0.15) is 50.0 Å². The van der Waals surface area contributed by atoms with E-state index in [1.807, 2.05) is 30.5 Å². The number of aromatic nitrogens is 3. The van der Waals surface area contributed by atoms with E-state index in [0.29, 0.717) is 60.6 Å². The lowest BCUT2D eigenvalue weighted by Crippen LogP contribution is -2.54. The molecule has 0 saturated carbocycles. The Kier molecular flexibility index (Phi) is 8.70. The summed E-state index contributed by atoms with van der Waals surface area (Å²) in [5.74, 6) is 1.31. The number of nitrogen functional groups attached to an aromatic ring is 1. The summed E-state index contributed by atoms with van der Waals surface area (Å²) in [6.07, 6.45) is 7.05. The molecule has 258 valence electrons. The number of likely N-dealkylation sites (tertiary alicyclic amines) is 1. The summed E-state index contributed by atoms with van der Waals surface area (Å²) in [6, 6.07) is 19.6. The zero-order valence-electron chi connectivity index (χ0n) is 28.0. The van der Waals surface area contributed by atoms with Gasteiger partial charge in [0.25, 0.3) is 0 Å². The first-order chi connectivity index (χ1) is 24.4. The zero-order valence-corrected chi connectivity index (χ0v) is 28.0. The summed E-state index contributed by atoms with van der Waals surface area (Å²) >= 11 is 0. The smallest absolute Gasteiger partial charge is 0.249 e. The molecule has 12 nitrogen and oxygen atoms in total. The van der Waals surface area contributed by atoms with Crippen LogP contribution in [0.2, 0.25) is 0 Å². The molecule has 2 aromatic carbocycles. The van der Waals surface area contributed by atoms with Crippen LogP contribution in [0.4, 0.5) is 17.2 Å². The van der Waals surface area contributed by atoms with Gasteiger partial charge in [-0.1, -0.05) is 18.2 Å². The Hall–Kier alpha value is -5.23. The van der Waals surface area contributed by atoms with Crippen LogP contribution in [-0.4, -0.2) is 88.4 Å². The molecule has 4 aliphatic heterocycles. The van der Waals surface area contributed by atoms with Crippen LogP contribution in [0.25, 0.3) is 22.5 Å².